The number of benzene rings is 1. The van der Waals surface area contributed by atoms with Gasteiger partial charge in [0.1, 0.15) is 5.75 Å². The molecule has 0 fully saturated rings. The minimum atomic E-state index is -0.0862. The Balaban J connectivity index is 1.84. The first-order valence-corrected chi connectivity index (χ1v) is 8.66. The molecule has 0 radical (unpaired) electrons. The number of hydrogen-bond acceptors (Lipinski definition) is 5. The summed E-state index contributed by atoms with van der Waals surface area (Å²) in [7, 11) is 0. The number of carbonyl (C=O) groups is 1. The molecule has 1 N–H and O–H groups in total. The van der Waals surface area contributed by atoms with Crippen LogP contribution in [0.1, 0.15) is 51.0 Å². The predicted octanol–water partition coefficient (Wildman–Crippen LogP) is 3.21. The summed E-state index contributed by atoms with van der Waals surface area (Å²) >= 11 is 0. The first kappa shape index (κ1) is 16.4. The lowest BCUT2D eigenvalue weighted by Crippen LogP contribution is -2.21. The zero-order valence-corrected chi connectivity index (χ0v) is 15.0. The number of Topliss-reactive ketones (excluding diaryl/α,β-unsaturated/α-hetero) is 1. The number of aromatic nitrogens is 4. The molecule has 132 valence electrons. The molecule has 1 atom stereocenters. The average Bonchev–Trinajstić information content (AvgIpc) is 2.91. The summed E-state index contributed by atoms with van der Waals surface area (Å²) in [6.45, 7) is 5.67. The van der Waals surface area contributed by atoms with E-state index in [4.69, 9.17) is 0 Å². The summed E-state index contributed by atoms with van der Waals surface area (Å²) in [5.74, 6) is 0.668. The van der Waals surface area contributed by atoms with E-state index in [0.717, 1.165) is 22.6 Å². The normalized spacial score (nSPS) is 16.6. The Morgan fingerprint density at radius 1 is 1.08 bits per heavy atom. The molecule has 26 heavy (non-hydrogen) atoms. The van der Waals surface area contributed by atoms with Crippen LogP contribution >= 0.6 is 0 Å². The molecule has 2 aromatic heterocycles. The fourth-order valence-electron chi connectivity index (χ4n) is 3.78. The number of carbonyl (C=O) groups excluding carboxylic acids is 1. The van der Waals surface area contributed by atoms with Crippen molar-refractivity contribution in [3.8, 4) is 11.7 Å². The van der Waals surface area contributed by atoms with Crippen molar-refractivity contribution in [2.24, 2.45) is 0 Å². The molecule has 6 heteroatoms. The van der Waals surface area contributed by atoms with Gasteiger partial charge in [0, 0.05) is 23.7 Å². The Bertz CT molecular complexity index is 1000. The zero-order valence-electron chi connectivity index (χ0n) is 15.0. The molecule has 6 nitrogen and oxygen atoms in total. The Hall–Kier alpha value is -3.02. The summed E-state index contributed by atoms with van der Waals surface area (Å²) in [6, 6.07) is 9.10. The molecule has 3 aromatic rings. The number of aromatic hydroxyl groups is 1. The van der Waals surface area contributed by atoms with E-state index in [1.807, 2.05) is 39.0 Å². The quantitative estimate of drug-likeness (QED) is 0.769. The second kappa shape index (κ2) is 6.05. The highest BCUT2D eigenvalue weighted by Gasteiger charge is 2.33. The second-order valence-corrected chi connectivity index (χ2v) is 6.86. The molecular weight excluding hydrogens is 328 g/mol. The lowest BCUT2D eigenvalue weighted by atomic mass is 9.81. The van der Waals surface area contributed by atoms with Gasteiger partial charge in [0.25, 0.3) is 5.95 Å². The first-order chi connectivity index (χ1) is 12.4. The SMILES string of the molecule is Cc1cc(C)nc(-n2nc(C)c3c2CC(c2ccccc2O)CC3=O)n1. The lowest BCUT2D eigenvalue weighted by molar-refractivity contribution is 0.0963. The average molecular weight is 348 g/mol. The minimum Gasteiger partial charge on any atom is -0.508 e. The molecule has 0 saturated carbocycles. The van der Waals surface area contributed by atoms with E-state index in [1.54, 1.807) is 16.8 Å². The smallest absolute Gasteiger partial charge is 0.251 e. The third-order valence-electron chi connectivity index (χ3n) is 4.84. The van der Waals surface area contributed by atoms with E-state index in [1.165, 1.54) is 0 Å². The van der Waals surface area contributed by atoms with Crippen molar-refractivity contribution < 1.29 is 9.90 Å². The van der Waals surface area contributed by atoms with Gasteiger partial charge in [-0.15, -0.1) is 0 Å². The third-order valence-corrected chi connectivity index (χ3v) is 4.84. The van der Waals surface area contributed by atoms with E-state index < -0.39 is 0 Å². The largest absolute Gasteiger partial charge is 0.508 e. The van der Waals surface area contributed by atoms with Crippen LogP contribution in [-0.2, 0) is 6.42 Å². The second-order valence-electron chi connectivity index (χ2n) is 6.86. The number of fused-ring (bicyclic) bond motifs is 1. The van der Waals surface area contributed by atoms with Gasteiger partial charge in [0.05, 0.1) is 17.0 Å². The lowest BCUT2D eigenvalue weighted by Gasteiger charge is -2.23. The van der Waals surface area contributed by atoms with Crippen LogP contribution in [0.2, 0.25) is 0 Å². The fourth-order valence-corrected chi connectivity index (χ4v) is 3.78. The van der Waals surface area contributed by atoms with Gasteiger partial charge in [-0.05, 0) is 44.9 Å². The molecule has 0 amide bonds. The standard InChI is InChI=1S/C20H20N4O2/c1-11-8-12(2)22-20(21-11)24-16-9-14(15-6-4-5-7-17(15)25)10-18(26)19(16)13(3)23-24/h4-8,14,25H,9-10H2,1-3H3. The van der Waals surface area contributed by atoms with Crippen molar-refractivity contribution in [1.82, 2.24) is 19.7 Å². The van der Waals surface area contributed by atoms with Gasteiger partial charge in [-0.3, -0.25) is 4.79 Å². The van der Waals surface area contributed by atoms with Crippen LogP contribution in [0, 0.1) is 20.8 Å². The zero-order chi connectivity index (χ0) is 18.4. The van der Waals surface area contributed by atoms with Crippen molar-refractivity contribution in [2.45, 2.75) is 39.5 Å². The number of nitrogens with zero attached hydrogens (tertiary/aromatic N) is 4. The maximum Gasteiger partial charge on any atom is 0.251 e. The van der Waals surface area contributed by atoms with Gasteiger partial charge >= 0.3 is 0 Å². The Kier molecular flexibility index (Phi) is 3.83. The number of hydrogen-bond donors (Lipinski definition) is 1. The molecule has 1 aromatic carbocycles. The number of phenolic OH excluding ortho intramolecular Hbond substituents is 1. The molecule has 1 unspecified atom stereocenters. The number of ketones is 1. The molecule has 0 spiro atoms. The van der Waals surface area contributed by atoms with Crippen LogP contribution in [0.3, 0.4) is 0 Å². The van der Waals surface area contributed by atoms with Gasteiger partial charge in [-0.2, -0.15) is 5.10 Å². The fraction of sp³-hybridized carbons (Fsp3) is 0.300. The van der Waals surface area contributed by atoms with E-state index in [9.17, 15) is 9.90 Å². The van der Waals surface area contributed by atoms with E-state index in [-0.39, 0.29) is 17.5 Å². The summed E-state index contributed by atoms with van der Waals surface area (Å²) < 4.78 is 1.69. The Morgan fingerprint density at radius 3 is 2.46 bits per heavy atom. The first-order valence-electron chi connectivity index (χ1n) is 8.66. The van der Waals surface area contributed by atoms with Gasteiger partial charge in [0.2, 0.25) is 0 Å². The van der Waals surface area contributed by atoms with Crippen LogP contribution in [-0.4, -0.2) is 30.6 Å². The minimum absolute atomic E-state index is 0.0487. The van der Waals surface area contributed by atoms with E-state index in [2.05, 4.69) is 15.1 Å². The summed E-state index contributed by atoms with van der Waals surface area (Å²) in [6.07, 6.45) is 0.973. The van der Waals surface area contributed by atoms with Crippen molar-refractivity contribution in [3.05, 3.63) is 64.2 Å². The van der Waals surface area contributed by atoms with Crippen molar-refractivity contribution >= 4 is 5.78 Å². The van der Waals surface area contributed by atoms with Crippen molar-refractivity contribution in [3.63, 3.8) is 0 Å². The van der Waals surface area contributed by atoms with Crippen LogP contribution in [0.25, 0.3) is 5.95 Å². The van der Waals surface area contributed by atoms with Gasteiger partial charge in [-0.25, -0.2) is 14.6 Å². The molecular formula is C20H20N4O2. The predicted molar refractivity (Wildman–Crippen MR) is 96.9 cm³/mol. The van der Waals surface area contributed by atoms with Crippen molar-refractivity contribution in [1.29, 1.82) is 0 Å². The van der Waals surface area contributed by atoms with Crippen LogP contribution in [0.5, 0.6) is 5.75 Å². The van der Waals surface area contributed by atoms with Gasteiger partial charge in [-0.1, -0.05) is 18.2 Å². The maximum atomic E-state index is 12.8. The molecule has 0 bridgehead atoms. The molecule has 0 aliphatic heterocycles. The molecule has 4 rings (SSSR count). The topological polar surface area (TPSA) is 80.9 Å². The summed E-state index contributed by atoms with van der Waals surface area (Å²) in [5.41, 5.74) is 4.68. The molecule has 1 aliphatic rings. The summed E-state index contributed by atoms with van der Waals surface area (Å²) in [5, 5.41) is 14.8. The van der Waals surface area contributed by atoms with E-state index in [0.29, 0.717) is 30.0 Å². The van der Waals surface area contributed by atoms with Crippen LogP contribution < -0.4 is 0 Å². The molecule has 1 aliphatic carbocycles. The number of para-hydroxylation sites is 1. The van der Waals surface area contributed by atoms with Crippen molar-refractivity contribution in [2.75, 3.05) is 0 Å². The maximum absolute atomic E-state index is 12.8. The van der Waals surface area contributed by atoms with Gasteiger partial charge in [0.15, 0.2) is 5.78 Å². The number of aryl methyl sites for hydroxylation is 3. The van der Waals surface area contributed by atoms with Crippen LogP contribution in [0.4, 0.5) is 0 Å². The third kappa shape index (κ3) is 2.67. The summed E-state index contributed by atoms with van der Waals surface area (Å²) in [4.78, 5) is 21.8. The highest BCUT2D eigenvalue weighted by Crippen LogP contribution is 2.37. The highest BCUT2D eigenvalue weighted by atomic mass is 16.3. The van der Waals surface area contributed by atoms with E-state index >= 15 is 0 Å². The monoisotopic (exact) mass is 348 g/mol. The van der Waals surface area contributed by atoms with Gasteiger partial charge < -0.3 is 5.11 Å². The molecule has 2 heterocycles. The Labute approximate surface area is 151 Å². The molecule has 0 saturated heterocycles. The Morgan fingerprint density at radius 2 is 1.77 bits per heavy atom. The highest BCUT2D eigenvalue weighted by molar-refractivity contribution is 6.00. The number of rotatable bonds is 2. The van der Waals surface area contributed by atoms with Crippen LogP contribution in [0.15, 0.2) is 30.3 Å². The number of phenols is 1.